The number of halogens is 4. The number of anilines is 1. The summed E-state index contributed by atoms with van der Waals surface area (Å²) >= 11 is 15.8. The zero-order chi connectivity index (χ0) is 22.5. The van der Waals surface area contributed by atoms with Gasteiger partial charge in [0.2, 0.25) is 0 Å². The fraction of sp³-hybridized carbons (Fsp3) is 0.136. The molecule has 0 bridgehead atoms. The Morgan fingerprint density at radius 1 is 1.13 bits per heavy atom. The lowest BCUT2D eigenvalue weighted by atomic mass is 10.1. The van der Waals surface area contributed by atoms with Crippen molar-refractivity contribution in [2.75, 3.05) is 12.4 Å². The molecule has 0 aliphatic carbocycles. The minimum absolute atomic E-state index is 0.0915. The van der Waals surface area contributed by atoms with Crippen LogP contribution >= 0.6 is 39.1 Å². The summed E-state index contributed by atoms with van der Waals surface area (Å²) < 4.78 is 25.5. The molecule has 162 valence electrons. The number of aromatic carboxylic acids is 1. The number of hydrogen-bond donors (Lipinski definition) is 2. The average molecular weight is 529 g/mol. The summed E-state index contributed by atoms with van der Waals surface area (Å²) in [6, 6.07) is 12.0. The van der Waals surface area contributed by atoms with Crippen molar-refractivity contribution >= 4 is 50.8 Å². The van der Waals surface area contributed by atoms with Gasteiger partial charge in [0.1, 0.15) is 12.4 Å². The summed E-state index contributed by atoms with van der Waals surface area (Å²) in [6.07, 6.45) is 0. The van der Waals surface area contributed by atoms with E-state index in [0.717, 1.165) is 10.0 Å². The fourth-order valence-corrected chi connectivity index (χ4v) is 3.69. The van der Waals surface area contributed by atoms with Crippen molar-refractivity contribution in [3.63, 3.8) is 0 Å². The van der Waals surface area contributed by atoms with Crippen LogP contribution in [0.15, 0.2) is 53.0 Å². The summed E-state index contributed by atoms with van der Waals surface area (Å²) in [4.78, 5) is 11.2. The van der Waals surface area contributed by atoms with Crippen LogP contribution < -0.4 is 14.8 Å². The molecular formula is C22H17BrCl2FNO4. The molecule has 0 amide bonds. The number of methoxy groups -OCH3 is 1. The summed E-state index contributed by atoms with van der Waals surface area (Å²) in [6.45, 7) is 0.348. The Kier molecular flexibility index (Phi) is 7.64. The number of carboxylic acids is 1. The second kappa shape index (κ2) is 10.2. The Morgan fingerprint density at radius 2 is 1.90 bits per heavy atom. The van der Waals surface area contributed by atoms with Gasteiger partial charge >= 0.3 is 5.97 Å². The monoisotopic (exact) mass is 527 g/mol. The van der Waals surface area contributed by atoms with E-state index in [1.807, 2.05) is 6.07 Å². The molecule has 0 fully saturated rings. The van der Waals surface area contributed by atoms with Gasteiger partial charge in [-0.05, 0) is 42.5 Å². The van der Waals surface area contributed by atoms with E-state index in [4.69, 9.17) is 32.7 Å². The molecule has 3 rings (SSSR count). The Balaban J connectivity index is 1.88. The van der Waals surface area contributed by atoms with Gasteiger partial charge in [-0.25, -0.2) is 9.18 Å². The number of hydrogen-bond acceptors (Lipinski definition) is 4. The highest BCUT2D eigenvalue weighted by Crippen LogP contribution is 2.38. The van der Waals surface area contributed by atoms with Crippen molar-refractivity contribution in [1.29, 1.82) is 0 Å². The molecule has 5 nitrogen and oxygen atoms in total. The second-order valence-corrected chi connectivity index (χ2v) is 8.10. The third-order valence-corrected chi connectivity index (χ3v) is 5.87. The lowest BCUT2D eigenvalue weighted by molar-refractivity contribution is 0.0697. The van der Waals surface area contributed by atoms with E-state index in [9.17, 15) is 14.3 Å². The first-order valence-electron chi connectivity index (χ1n) is 8.99. The van der Waals surface area contributed by atoms with Crippen LogP contribution in [0.5, 0.6) is 11.5 Å². The summed E-state index contributed by atoms with van der Waals surface area (Å²) in [7, 11) is 1.52. The van der Waals surface area contributed by atoms with Crippen LogP contribution in [0, 0.1) is 5.82 Å². The first-order valence-corrected chi connectivity index (χ1v) is 10.5. The number of nitrogens with one attached hydrogen (secondary N) is 1. The lowest BCUT2D eigenvalue weighted by Gasteiger charge is -2.18. The highest BCUT2D eigenvalue weighted by Gasteiger charge is 2.17. The molecule has 0 aliphatic heterocycles. The van der Waals surface area contributed by atoms with Gasteiger partial charge in [0.05, 0.1) is 28.4 Å². The second-order valence-electron chi connectivity index (χ2n) is 6.44. The van der Waals surface area contributed by atoms with Crippen LogP contribution in [0.4, 0.5) is 10.1 Å². The standard InChI is InChI=1S/C22H17BrCl2FNO4/c1-30-20-7-5-16(23)15(10-27-19-8-12(22(28)29)3-6-17(19)24)21(20)31-11-13-2-4-14(26)9-18(13)25/h2-9,27H,10-11H2,1H3,(H,28,29). The molecule has 9 heteroatoms. The van der Waals surface area contributed by atoms with E-state index in [0.29, 0.717) is 27.8 Å². The third-order valence-electron chi connectivity index (χ3n) is 4.44. The zero-order valence-corrected chi connectivity index (χ0v) is 19.3. The highest BCUT2D eigenvalue weighted by molar-refractivity contribution is 9.10. The minimum Gasteiger partial charge on any atom is -0.493 e. The van der Waals surface area contributed by atoms with Gasteiger partial charge in [-0.15, -0.1) is 0 Å². The minimum atomic E-state index is -1.05. The zero-order valence-electron chi connectivity index (χ0n) is 16.2. The molecule has 0 heterocycles. The number of benzene rings is 3. The largest absolute Gasteiger partial charge is 0.493 e. The smallest absolute Gasteiger partial charge is 0.335 e. The predicted molar refractivity (Wildman–Crippen MR) is 122 cm³/mol. The summed E-state index contributed by atoms with van der Waals surface area (Å²) in [5, 5.41) is 13.0. The van der Waals surface area contributed by atoms with E-state index < -0.39 is 11.8 Å². The molecule has 0 aromatic heterocycles. The first kappa shape index (κ1) is 23.2. The maximum absolute atomic E-state index is 13.3. The molecule has 31 heavy (non-hydrogen) atoms. The molecule has 2 N–H and O–H groups in total. The fourth-order valence-electron chi connectivity index (χ4n) is 2.83. The average Bonchev–Trinajstić information content (AvgIpc) is 2.73. The van der Waals surface area contributed by atoms with Crippen LogP contribution in [0.2, 0.25) is 10.0 Å². The van der Waals surface area contributed by atoms with E-state index in [2.05, 4.69) is 21.2 Å². The Labute approximate surface area is 196 Å². The molecule has 0 aliphatic rings. The van der Waals surface area contributed by atoms with Gasteiger partial charge in [-0.1, -0.05) is 45.2 Å². The molecule has 3 aromatic carbocycles. The SMILES string of the molecule is COc1ccc(Br)c(CNc2cc(C(=O)O)ccc2Cl)c1OCc1ccc(F)cc1Cl. The van der Waals surface area contributed by atoms with Crippen LogP contribution in [-0.4, -0.2) is 18.2 Å². The molecule has 0 atom stereocenters. The van der Waals surface area contributed by atoms with Gasteiger partial charge in [0.25, 0.3) is 0 Å². The van der Waals surface area contributed by atoms with Crippen molar-refractivity contribution in [1.82, 2.24) is 0 Å². The van der Waals surface area contributed by atoms with E-state index >= 15 is 0 Å². The molecule has 0 radical (unpaired) electrons. The van der Waals surface area contributed by atoms with E-state index in [1.165, 1.54) is 37.4 Å². The van der Waals surface area contributed by atoms with Crippen molar-refractivity contribution in [2.45, 2.75) is 13.2 Å². The quantitative estimate of drug-likeness (QED) is 0.337. The van der Waals surface area contributed by atoms with Gasteiger partial charge in [-0.2, -0.15) is 0 Å². The highest BCUT2D eigenvalue weighted by atomic mass is 79.9. The number of rotatable bonds is 8. The number of carboxylic acid groups (broad SMARTS) is 1. The van der Waals surface area contributed by atoms with Crippen molar-refractivity contribution in [3.8, 4) is 11.5 Å². The molecule has 0 saturated heterocycles. The molecule has 0 spiro atoms. The predicted octanol–water partition coefficient (Wildman–Crippen LogP) is 6.79. The normalized spacial score (nSPS) is 10.6. The van der Waals surface area contributed by atoms with E-state index in [1.54, 1.807) is 12.1 Å². The van der Waals surface area contributed by atoms with Crippen molar-refractivity contribution < 1.29 is 23.8 Å². The van der Waals surface area contributed by atoms with Crippen LogP contribution in [0.25, 0.3) is 0 Å². The Morgan fingerprint density at radius 3 is 2.58 bits per heavy atom. The lowest BCUT2D eigenvalue weighted by Crippen LogP contribution is -2.07. The Bertz CT molecular complexity index is 1130. The number of carbonyl (C=O) groups is 1. The van der Waals surface area contributed by atoms with E-state index in [-0.39, 0.29) is 23.7 Å². The molecule has 0 unspecified atom stereocenters. The van der Waals surface area contributed by atoms with Crippen LogP contribution in [0.1, 0.15) is 21.5 Å². The van der Waals surface area contributed by atoms with Gasteiger partial charge in [0, 0.05) is 22.1 Å². The van der Waals surface area contributed by atoms with Crippen LogP contribution in [0.3, 0.4) is 0 Å². The molecule has 0 saturated carbocycles. The van der Waals surface area contributed by atoms with Crippen molar-refractivity contribution in [2.24, 2.45) is 0 Å². The maximum atomic E-state index is 13.3. The molecule has 3 aromatic rings. The molecular weight excluding hydrogens is 512 g/mol. The van der Waals surface area contributed by atoms with Crippen molar-refractivity contribution in [3.05, 3.63) is 85.6 Å². The summed E-state index contributed by atoms with van der Waals surface area (Å²) in [5.41, 5.74) is 1.90. The first-order chi connectivity index (χ1) is 14.8. The number of ether oxygens (including phenoxy) is 2. The van der Waals surface area contributed by atoms with Crippen LogP contribution in [-0.2, 0) is 13.2 Å². The third kappa shape index (κ3) is 5.61. The maximum Gasteiger partial charge on any atom is 0.335 e. The van der Waals surface area contributed by atoms with Gasteiger partial charge in [-0.3, -0.25) is 0 Å². The van der Waals surface area contributed by atoms with Gasteiger partial charge in [0.15, 0.2) is 11.5 Å². The summed E-state index contributed by atoms with van der Waals surface area (Å²) in [5.74, 6) is -0.541. The Hall–Kier alpha value is -2.48. The van der Waals surface area contributed by atoms with Gasteiger partial charge < -0.3 is 19.9 Å². The topological polar surface area (TPSA) is 67.8 Å².